The Morgan fingerprint density at radius 1 is 1.05 bits per heavy atom. The molecular formula is C26H23Cl3F3N5O5S. The van der Waals surface area contributed by atoms with E-state index in [1.807, 2.05) is 22.9 Å². The Labute approximate surface area is 259 Å². The number of hydrogen-bond donors (Lipinski definition) is 3. The van der Waals surface area contributed by atoms with Gasteiger partial charge >= 0.3 is 12.1 Å². The van der Waals surface area contributed by atoms with Gasteiger partial charge in [0.2, 0.25) is 5.88 Å². The van der Waals surface area contributed by atoms with E-state index in [0.717, 1.165) is 25.1 Å². The van der Waals surface area contributed by atoms with Crippen LogP contribution in [0.25, 0.3) is 0 Å². The van der Waals surface area contributed by atoms with E-state index in [1.54, 1.807) is 24.7 Å². The lowest BCUT2D eigenvalue weighted by Crippen LogP contribution is -2.21. The zero-order chi connectivity index (χ0) is 31.6. The Hall–Kier alpha value is -3.56. The zero-order valence-corrected chi connectivity index (χ0v) is 24.9. The Kier molecular flexibility index (Phi) is 12.0. The van der Waals surface area contributed by atoms with Crippen molar-refractivity contribution in [1.82, 2.24) is 19.9 Å². The number of nitrogens with one attached hydrogen (secondary N) is 2. The Morgan fingerprint density at radius 3 is 2.35 bits per heavy atom. The van der Waals surface area contributed by atoms with Gasteiger partial charge in [0.25, 0.3) is 10.0 Å². The fraction of sp³-hybridized carbons (Fsp3) is 0.192. The summed E-state index contributed by atoms with van der Waals surface area (Å²) in [6, 6.07) is 12.9. The van der Waals surface area contributed by atoms with Crippen LogP contribution >= 0.6 is 34.8 Å². The predicted octanol–water partition coefficient (Wildman–Crippen LogP) is 6.64. The second kappa shape index (κ2) is 15.3. The van der Waals surface area contributed by atoms with Crippen LogP contribution in [0.1, 0.15) is 12.0 Å². The molecule has 0 saturated heterocycles. The minimum atomic E-state index is -5.08. The minimum Gasteiger partial charge on any atom is -0.475 e. The number of anilines is 1. The quantitative estimate of drug-likeness (QED) is 0.150. The monoisotopic (exact) mass is 679 g/mol. The molecule has 2 aromatic carbocycles. The number of alkyl halides is 3. The lowest BCUT2D eigenvalue weighted by Gasteiger charge is -2.13. The maximum absolute atomic E-state index is 12.9. The number of aromatic nitrogens is 3. The van der Waals surface area contributed by atoms with Gasteiger partial charge in [0, 0.05) is 31.7 Å². The molecule has 0 atom stereocenters. The maximum atomic E-state index is 12.9. The van der Waals surface area contributed by atoms with E-state index in [-0.39, 0.29) is 31.5 Å². The summed E-state index contributed by atoms with van der Waals surface area (Å²) in [5.41, 5.74) is 1.16. The predicted molar refractivity (Wildman–Crippen MR) is 155 cm³/mol. The average Bonchev–Trinajstić information content (AvgIpc) is 3.46. The summed E-state index contributed by atoms with van der Waals surface area (Å²) in [6.07, 6.45) is 2.79. The molecule has 0 aliphatic heterocycles. The van der Waals surface area contributed by atoms with E-state index < -0.39 is 22.2 Å². The van der Waals surface area contributed by atoms with E-state index in [9.17, 15) is 21.6 Å². The van der Waals surface area contributed by atoms with Gasteiger partial charge in [-0.1, -0.05) is 46.9 Å². The summed E-state index contributed by atoms with van der Waals surface area (Å²) >= 11 is 17.9. The van der Waals surface area contributed by atoms with Gasteiger partial charge in [0.15, 0.2) is 0 Å². The molecule has 0 radical (unpaired) electrons. The Bertz CT molecular complexity index is 1620. The Morgan fingerprint density at radius 2 is 1.74 bits per heavy atom. The number of halogens is 6. The molecule has 17 heteroatoms. The minimum absolute atomic E-state index is 0.0495. The van der Waals surface area contributed by atoms with E-state index in [0.29, 0.717) is 12.3 Å². The van der Waals surface area contributed by atoms with Crippen molar-refractivity contribution in [2.45, 2.75) is 30.6 Å². The molecule has 0 fully saturated rings. The first-order valence-electron chi connectivity index (χ1n) is 12.1. The lowest BCUT2D eigenvalue weighted by molar-refractivity contribution is -0.192. The first-order chi connectivity index (χ1) is 20.2. The van der Waals surface area contributed by atoms with Gasteiger partial charge in [-0.15, -0.1) is 0 Å². The third-order valence-electron chi connectivity index (χ3n) is 5.30. The largest absolute Gasteiger partial charge is 0.490 e. The van der Waals surface area contributed by atoms with Crippen molar-refractivity contribution < 1.29 is 36.2 Å². The van der Waals surface area contributed by atoms with Crippen molar-refractivity contribution in [1.29, 1.82) is 0 Å². The SMILES string of the molecule is O=C(O)C(F)(F)F.O=S(=O)(Nc1cc(Cl)cnc1Oc1ccc(CNCCCn2ccnc2)cc1)c1ccc(Cl)c(Cl)c1. The molecule has 0 amide bonds. The number of carboxylic acid groups (broad SMARTS) is 1. The molecule has 10 nitrogen and oxygen atoms in total. The third kappa shape index (κ3) is 10.9. The van der Waals surface area contributed by atoms with E-state index in [4.69, 9.17) is 49.4 Å². The molecule has 0 bridgehead atoms. The first kappa shape index (κ1) is 33.9. The number of hydrogen-bond acceptors (Lipinski definition) is 7. The molecule has 2 aromatic heterocycles. The number of aryl methyl sites for hydroxylation is 1. The van der Waals surface area contributed by atoms with Gasteiger partial charge in [-0.25, -0.2) is 23.2 Å². The molecule has 2 heterocycles. The van der Waals surface area contributed by atoms with Crippen LogP contribution < -0.4 is 14.8 Å². The lowest BCUT2D eigenvalue weighted by atomic mass is 10.2. The van der Waals surface area contributed by atoms with Crippen LogP contribution in [-0.2, 0) is 27.9 Å². The van der Waals surface area contributed by atoms with Gasteiger partial charge in [-0.3, -0.25) is 4.72 Å². The van der Waals surface area contributed by atoms with Crippen LogP contribution in [0.3, 0.4) is 0 Å². The zero-order valence-electron chi connectivity index (χ0n) is 21.9. The summed E-state index contributed by atoms with van der Waals surface area (Å²) < 4.78 is 67.9. The van der Waals surface area contributed by atoms with Crippen molar-refractivity contribution in [2.75, 3.05) is 11.3 Å². The number of carboxylic acids is 1. The topological polar surface area (TPSA) is 135 Å². The van der Waals surface area contributed by atoms with E-state index in [2.05, 4.69) is 20.0 Å². The number of rotatable bonds is 11. The van der Waals surface area contributed by atoms with Gasteiger partial charge in [-0.05, 0) is 54.9 Å². The summed E-state index contributed by atoms with van der Waals surface area (Å²) in [7, 11) is -4.01. The molecule has 43 heavy (non-hydrogen) atoms. The van der Waals surface area contributed by atoms with Crippen LogP contribution in [0.15, 0.2) is 78.3 Å². The Balaban J connectivity index is 0.000000646. The number of pyridine rings is 1. The van der Waals surface area contributed by atoms with Crippen LogP contribution in [0.2, 0.25) is 15.1 Å². The first-order valence-corrected chi connectivity index (χ1v) is 14.7. The van der Waals surface area contributed by atoms with Crippen molar-refractivity contribution in [3.05, 3.63) is 94.1 Å². The fourth-order valence-corrected chi connectivity index (χ4v) is 4.85. The fourth-order valence-electron chi connectivity index (χ4n) is 3.25. The molecule has 4 aromatic rings. The van der Waals surface area contributed by atoms with Gasteiger partial charge < -0.3 is 19.7 Å². The maximum Gasteiger partial charge on any atom is 0.490 e. The highest BCUT2D eigenvalue weighted by Gasteiger charge is 2.38. The van der Waals surface area contributed by atoms with Gasteiger partial charge in [0.1, 0.15) is 11.4 Å². The molecule has 4 rings (SSSR count). The number of nitrogens with zero attached hydrogens (tertiary/aromatic N) is 3. The summed E-state index contributed by atoms with van der Waals surface area (Å²) in [5, 5.41) is 11.1. The third-order valence-corrected chi connectivity index (χ3v) is 7.61. The molecular weight excluding hydrogens is 658 g/mol. The van der Waals surface area contributed by atoms with Crippen molar-refractivity contribution in [3.8, 4) is 11.6 Å². The number of carbonyl (C=O) groups is 1. The van der Waals surface area contributed by atoms with Crippen LogP contribution in [0.4, 0.5) is 18.9 Å². The normalized spacial score (nSPS) is 11.4. The van der Waals surface area contributed by atoms with E-state index >= 15 is 0 Å². The van der Waals surface area contributed by atoms with E-state index in [1.165, 1.54) is 30.5 Å². The second-order valence-electron chi connectivity index (χ2n) is 8.57. The van der Waals surface area contributed by atoms with Crippen LogP contribution in [0.5, 0.6) is 11.6 Å². The second-order valence-corrected chi connectivity index (χ2v) is 11.5. The number of ether oxygens (including phenoxy) is 1. The summed E-state index contributed by atoms with van der Waals surface area (Å²) in [4.78, 5) is 17.0. The summed E-state index contributed by atoms with van der Waals surface area (Å²) in [5.74, 6) is -2.22. The van der Waals surface area contributed by atoms with Gasteiger partial charge in [-0.2, -0.15) is 13.2 Å². The molecule has 0 unspecified atom stereocenters. The molecule has 230 valence electrons. The highest BCUT2D eigenvalue weighted by atomic mass is 35.5. The number of imidazole rings is 1. The molecule has 0 saturated carbocycles. The average molecular weight is 681 g/mol. The van der Waals surface area contributed by atoms with Crippen molar-refractivity contribution in [2.24, 2.45) is 0 Å². The molecule has 0 aliphatic carbocycles. The highest BCUT2D eigenvalue weighted by molar-refractivity contribution is 7.92. The highest BCUT2D eigenvalue weighted by Crippen LogP contribution is 2.32. The van der Waals surface area contributed by atoms with Crippen molar-refractivity contribution in [3.63, 3.8) is 0 Å². The number of sulfonamides is 1. The number of benzene rings is 2. The van der Waals surface area contributed by atoms with Crippen LogP contribution in [0, 0.1) is 0 Å². The van der Waals surface area contributed by atoms with Crippen LogP contribution in [-0.4, -0.2) is 46.7 Å². The number of aliphatic carboxylic acids is 1. The van der Waals surface area contributed by atoms with Crippen molar-refractivity contribution >= 4 is 56.5 Å². The van der Waals surface area contributed by atoms with Gasteiger partial charge in [0.05, 0.1) is 26.3 Å². The summed E-state index contributed by atoms with van der Waals surface area (Å²) in [6.45, 7) is 2.48. The standard InChI is InChI=1S/C24H22Cl3N5O3S.C2HF3O2/c25-18-12-23(31-36(33,34)20-6-7-21(26)22(27)13-20)24(30-15-18)35-19-4-2-17(3-5-19)14-28-8-1-10-32-11-9-29-16-32;3-2(4,5)1(6)7/h2-7,9,11-13,15-16,28,31H,1,8,10,14H2;(H,6,7). The molecule has 0 aliphatic rings. The molecule has 0 spiro atoms. The smallest absolute Gasteiger partial charge is 0.475 e. The molecule has 3 N–H and O–H groups in total.